The summed E-state index contributed by atoms with van der Waals surface area (Å²) in [7, 11) is -1.07. The molecule has 0 saturated heterocycles. The van der Waals surface area contributed by atoms with Gasteiger partial charge in [-0.1, -0.05) is 30.3 Å². The van der Waals surface area contributed by atoms with Crippen molar-refractivity contribution in [3.05, 3.63) is 30.3 Å². The molecule has 0 saturated carbocycles. The van der Waals surface area contributed by atoms with Crippen LogP contribution < -0.4 is 5.30 Å². The van der Waals surface area contributed by atoms with Gasteiger partial charge in [-0.3, -0.25) is 4.79 Å². The molecule has 0 bridgehead atoms. The van der Waals surface area contributed by atoms with Crippen molar-refractivity contribution >= 4 is 18.4 Å². The van der Waals surface area contributed by atoms with Crippen LogP contribution in [0.3, 0.4) is 0 Å². The van der Waals surface area contributed by atoms with Gasteiger partial charge in [0.15, 0.2) is 0 Å². The average Bonchev–Trinajstić information content (AvgIpc) is 2.27. The number of hydrogen-bond acceptors (Lipinski definition) is 3. The molecule has 0 aliphatic carbocycles. The van der Waals surface area contributed by atoms with Crippen LogP contribution in [0.5, 0.6) is 0 Å². The highest BCUT2D eigenvalue weighted by molar-refractivity contribution is 7.70. The van der Waals surface area contributed by atoms with Crippen LogP contribution in [0.2, 0.25) is 0 Å². The van der Waals surface area contributed by atoms with E-state index in [4.69, 9.17) is 0 Å². The van der Waals surface area contributed by atoms with Crippen LogP contribution in [0.25, 0.3) is 0 Å². The molecule has 0 aromatic heterocycles. The molecule has 0 aliphatic heterocycles. The maximum atomic E-state index is 12.2. The highest BCUT2D eigenvalue weighted by atomic mass is 31.2. The van der Waals surface area contributed by atoms with Crippen LogP contribution in [0.4, 0.5) is 0 Å². The lowest BCUT2D eigenvalue weighted by molar-refractivity contribution is -0.140. The lowest BCUT2D eigenvalue weighted by Gasteiger charge is -2.12. The fourth-order valence-corrected chi connectivity index (χ4v) is 2.95. The Morgan fingerprint density at radius 1 is 1.33 bits per heavy atom. The Kier molecular flexibility index (Phi) is 4.10. The Labute approximate surface area is 89.8 Å². The SMILES string of the molecule is COC(=O)CCP(C)(=O)c1ccccc1. The molecule has 1 aromatic carbocycles. The van der Waals surface area contributed by atoms with Crippen molar-refractivity contribution in [3.63, 3.8) is 0 Å². The Morgan fingerprint density at radius 3 is 2.47 bits per heavy atom. The highest BCUT2D eigenvalue weighted by Crippen LogP contribution is 2.40. The van der Waals surface area contributed by atoms with Crippen molar-refractivity contribution < 1.29 is 14.1 Å². The molecule has 0 spiro atoms. The first-order chi connectivity index (χ1) is 7.06. The summed E-state index contributed by atoms with van der Waals surface area (Å²) < 4.78 is 16.7. The maximum Gasteiger partial charge on any atom is 0.305 e. The van der Waals surface area contributed by atoms with Gasteiger partial charge in [0.1, 0.15) is 7.14 Å². The minimum atomic E-state index is -2.41. The predicted octanol–water partition coefficient (Wildman–Crippen LogP) is 1.87. The first kappa shape index (κ1) is 12.0. The van der Waals surface area contributed by atoms with Crippen LogP contribution in [-0.4, -0.2) is 25.9 Å². The summed E-state index contributed by atoms with van der Waals surface area (Å²) in [5, 5.41) is 0.814. The highest BCUT2D eigenvalue weighted by Gasteiger charge is 2.19. The van der Waals surface area contributed by atoms with Crippen LogP contribution in [0.1, 0.15) is 6.42 Å². The van der Waals surface area contributed by atoms with Crippen molar-refractivity contribution in [2.75, 3.05) is 19.9 Å². The summed E-state index contributed by atoms with van der Waals surface area (Å²) >= 11 is 0. The van der Waals surface area contributed by atoms with Crippen molar-refractivity contribution in [3.8, 4) is 0 Å². The van der Waals surface area contributed by atoms with Gasteiger partial charge in [0, 0.05) is 11.5 Å². The molecule has 3 nitrogen and oxygen atoms in total. The van der Waals surface area contributed by atoms with E-state index in [1.807, 2.05) is 30.3 Å². The van der Waals surface area contributed by atoms with E-state index in [0.29, 0.717) is 6.16 Å². The number of benzene rings is 1. The second kappa shape index (κ2) is 5.13. The van der Waals surface area contributed by atoms with E-state index in [0.717, 1.165) is 5.30 Å². The lowest BCUT2D eigenvalue weighted by Crippen LogP contribution is -2.10. The second-order valence-corrected chi connectivity index (χ2v) is 6.65. The molecule has 0 fully saturated rings. The number of carbonyl (C=O) groups is 1. The van der Waals surface area contributed by atoms with Gasteiger partial charge >= 0.3 is 5.97 Å². The van der Waals surface area contributed by atoms with Crippen LogP contribution in [0.15, 0.2) is 30.3 Å². The Morgan fingerprint density at radius 2 is 1.93 bits per heavy atom. The van der Waals surface area contributed by atoms with E-state index in [9.17, 15) is 9.36 Å². The van der Waals surface area contributed by atoms with Crippen molar-refractivity contribution in [1.29, 1.82) is 0 Å². The molecular formula is C11H15O3P. The summed E-state index contributed by atoms with van der Waals surface area (Å²) in [5.74, 6) is -0.312. The van der Waals surface area contributed by atoms with E-state index < -0.39 is 7.14 Å². The number of carbonyl (C=O) groups excluding carboxylic acids is 1. The zero-order valence-electron chi connectivity index (χ0n) is 8.97. The maximum absolute atomic E-state index is 12.2. The topological polar surface area (TPSA) is 43.4 Å². The van der Waals surface area contributed by atoms with Crippen molar-refractivity contribution in [2.24, 2.45) is 0 Å². The minimum Gasteiger partial charge on any atom is -0.469 e. The molecule has 15 heavy (non-hydrogen) atoms. The molecule has 0 heterocycles. The Hall–Kier alpha value is -1.08. The molecule has 82 valence electrons. The fourth-order valence-electron chi connectivity index (χ4n) is 1.28. The molecule has 1 rings (SSSR count). The van der Waals surface area contributed by atoms with Gasteiger partial charge in [-0.2, -0.15) is 0 Å². The van der Waals surface area contributed by atoms with E-state index in [2.05, 4.69) is 4.74 Å². The molecule has 0 radical (unpaired) electrons. The normalized spacial score (nSPS) is 14.3. The molecular weight excluding hydrogens is 211 g/mol. The number of esters is 1. The van der Waals surface area contributed by atoms with Gasteiger partial charge in [-0.05, 0) is 6.66 Å². The predicted molar refractivity (Wildman–Crippen MR) is 61.1 cm³/mol. The van der Waals surface area contributed by atoms with Gasteiger partial charge in [0.25, 0.3) is 0 Å². The van der Waals surface area contributed by atoms with E-state index in [1.165, 1.54) is 7.11 Å². The third-order valence-electron chi connectivity index (χ3n) is 2.27. The average molecular weight is 226 g/mol. The molecule has 0 amide bonds. The second-order valence-electron chi connectivity index (χ2n) is 3.49. The largest absolute Gasteiger partial charge is 0.469 e. The molecule has 1 aromatic rings. The number of ether oxygens (including phenoxy) is 1. The van der Waals surface area contributed by atoms with Gasteiger partial charge in [-0.15, -0.1) is 0 Å². The molecule has 4 heteroatoms. The number of methoxy groups -OCH3 is 1. The summed E-state index contributed by atoms with van der Waals surface area (Å²) in [5.41, 5.74) is 0. The molecule has 0 N–H and O–H groups in total. The van der Waals surface area contributed by atoms with Crippen molar-refractivity contribution in [1.82, 2.24) is 0 Å². The van der Waals surface area contributed by atoms with Gasteiger partial charge in [0.05, 0.1) is 13.5 Å². The minimum absolute atomic E-state index is 0.208. The summed E-state index contributed by atoms with van der Waals surface area (Å²) in [6.45, 7) is 1.70. The standard InChI is InChI=1S/C11H15O3P/c1-14-11(12)8-9-15(2,13)10-6-4-3-5-7-10/h3-7H,8-9H2,1-2H3. The van der Waals surface area contributed by atoms with Gasteiger partial charge in [-0.25, -0.2) is 0 Å². The quantitative estimate of drug-likeness (QED) is 0.581. The molecule has 0 aliphatic rings. The zero-order valence-corrected chi connectivity index (χ0v) is 9.87. The summed E-state index contributed by atoms with van der Waals surface area (Å²) in [6, 6.07) is 9.24. The van der Waals surface area contributed by atoms with Crippen molar-refractivity contribution in [2.45, 2.75) is 6.42 Å². The van der Waals surface area contributed by atoms with Crippen LogP contribution in [0, 0.1) is 0 Å². The number of rotatable bonds is 4. The van der Waals surface area contributed by atoms with Gasteiger partial charge < -0.3 is 9.30 Å². The first-order valence-corrected chi connectivity index (χ1v) is 7.09. The van der Waals surface area contributed by atoms with E-state index >= 15 is 0 Å². The van der Waals surface area contributed by atoms with E-state index in [-0.39, 0.29) is 12.4 Å². The van der Waals surface area contributed by atoms with E-state index in [1.54, 1.807) is 6.66 Å². The lowest BCUT2D eigenvalue weighted by atomic mass is 10.4. The third-order valence-corrected chi connectivity index (χ3v) is 4.74. The van der Waals surface area contributed by atoms with Crippen LogP contribution in [-0.2, 0) is 14.1 Å². The van der Waals surface area contributed by atoms with Gasteiger partial charge in [0.2, 0.25) is 0 Å². The smallest absolute Gasteiger partial charge is 0.305 e. The zero-order chi connectivity index (χ0) is 11.3. The molecule has 1 unspecified atom stereocenters. The Bertz CT molecular complexity index is 373. The summed E-state index contributed by atoms with van der Waals surface area (Å²) in [6.07, 6.45) is 0.572. The third kappa shape index (κ3) is 3.52. The number of hydrogen-bond donors (Lipinski definition) is 0. The monoisotopic (exact) mass is 226 g/mol. The first-order valence-electron chi connectivity index (χ1n) is 4.75. The summed E-state index contributed by atoms with van der Waals surface area (Å²) in [4.78, 5) is 10.9. The van der Waals surface area contributed by atoms with Crippen LogP contribution >= 0.6 is 7.14 Å². The Balaban J connectivity index is 2.68. The molecule has 1 atom stereocenters. The fraction of sp³-hybridized carbons (Fsp3) is 0.364.